The topological polar surface area (TPSA) is 43.3 Å². The number of hydrogen-bond acceptors (Lipinski definition) is 3. The van der Waals surface area contributed by atoms with E-state index in [-0.39, 0.29) is 12.0 Å². The zero-order chi connectivity index (χ0) is 14.1. The predicted octanol–water partition coefficient (Wildman–Crippen LogP) is 2.92. The maximum Gasteiger partial charge on any atom is 0.362 e. The molecule has 2 aliphatic rings. The molecule has 0 saturated heterocycles. The van der Waals surface area contributed by atoms with Crippen molar-refractivity contribution in [2.75, 3.05) is 5.43 Å². The first-order chi connectivity index (χ1) is 9.65. The van der Waals surface area contributed by atoms with E-state index in [4.69, 9.17) is 4.74 Å². The fourth-order valence-corrected chi connectivity index (χ4v) is 2.24. The Morgan fingerprint density at radius 3 is 2.95 bits per heavy atom. The number of esters is 1. The molecule has 0 spiro atoms. The molecule has 1 heterocycles. The molecule has 4 nitrogen and oxygen atoms in total. The molecular formula is C16H16N2O2. The summed E-state index contributed by atoms with van der Waals surface area (Å²) in [6.07, 6.45) is 11.5. The van der Waals surface area contributed by atoms with Gasteiger partial charge in [-0.1, -0.05) is 24.3 Å². The van der Waals surface area contributed by atoms with Crippen LogP contribution >= 0.6 is 0 Å². The van der Waals surface area contributed by atoms with Crippen LogP contribution in [0.4, 0.5) is 0 Å². The van der Waals surface area contributed by atoms with Crippen molar-refractivity contribution in [2.45, 2.75) is 19.9 Å². The van der Waals surface area contributed by atoms with Crippen LogP contribution in [-0.4, -0.2) is 16.7 Å². The first-order valence-corrected chi connectivity index (χ1v) is 6.62. The van der Waals surface area contributed by atoms with Crippen molar-refractivity contribution in [1.29, 1.82) is 0 Å². The molecule has 0 fully saturated rings. The summed E-state index contributed by atoms with van der Waals surface area (Å²) in [6.45, 7) is 4.03. The molecule has 0 bridgehead atoms. The van der Waals surface area contributed by atoms with Crippen molar-refractivity contribution in [3.8, 4) is 0 Å². The molecule has 0 atom stereocenters. The molecule has 3 rings (SSSR count). The summed E-state index contributed by atoms with van der Waals surface area (Å²) < 4.78 is 7.19. The Morgan fingerprint density at radius 1 is 1.30 bits per heavy atom. The van der Waals surface area contributed by atoms with Gasteiger partial charge in [-0.2, -0.15) is 0 Å². The second-order valence-corrected chi connectivity index (χ2v) is 5.03. The summed E-state index contributed by atoms with van der Waals surface area (Å²) in [7, 11) is 0. The SMILES string of the molecule is CC(C)Nn1cccc1C(=O)OC1=C2C=CC=C2C=C1. The van der Waals surface area contributed by atoms with Crippen molar-refractivity contribution < 1.29 is 9.53 Å². The number of carbonyl (C=O) groups excluding carboxylic acids is 1. The molecule has 4 heteroatoms. The summed E-state index contributed by atoms with van der Waals surface area (Å²) in [5.74, 6) is 0.240. The van der Waals surface area contributed by atoms with Crippen LogP contribution in [-0.2, 0) is 4.74 Å². The zero-order valence-corrected chi connectivity index (χ0v) is 11.5. The smallest absolute Gasteiger partial charge is 0.362 e. The van der Waals surface area contributed by atoms with Gasteiger partial charge in [-0.15, -0.1) is 0 Å². The monoisotopic (exact) mass is 268 g/mol. The lowest BCUT2D eigenvalue weighted by Gasteiger charge is -2.14. The number of rotatable bonds is 4. The number of aromatic nitrogens is 1. The quantitative estimate of drug-likeness (QED) is 0.854. The Kier molecular flexibility index (Phi) is 3.06. The van der Waals surface area contributed by atoms with Crippen molar-refractivity contribution >= 4 is 5.97 Å². The van der Waals surface area contributed by atoms with E-state index in [0.29, 0.717) is 11.5 Å². The van der Waals surface area contributed by atoms with Gasteiger partial charge in [-0.25, -0.2) is 4.79 Å². The van der Waals surface area contributed by atoms with Gasteiger partial charge in [0, 0.05) is 17.8 Å². The van der Waals surface area contributed by atoms with Gasteiger partial charge in [-0.05, 0) is 37.6 Å². The maximum absolute atomic E-state index is 12.3. The second kappa shape index (κ2) is 4.89. The molecule has 0 saturated carbocycles. The average molecular weight is 268 g/mol. The van der Waals surface area contributed by atoms with Crippen LogP contribution in [0, 0.1) is 0 Å². The minimum absolute atomic E-state index is 0.231. The highest BCUT2D eigenvalue weighted by Gasteiger charge is 2.20. The van der Waals surface area contributed by atoms with E-state index < -0.39 is 0 Å². The highest BCUT2D eigenvalue weighted by molar-refractivity contribution is 5.89. The highest BCUT2D eigenvalue weighted by atomic mass is 16.5. The molecule has 0 unspecified atom stereocenters. The molecular weight excluding hydrogens is 252 g/mol. The van der Waals surface area contributed by atoms with Crippen molar-refractivity contribution in [2.24, 2.45) is 0 Å². The lowest BCUT2D eigenvalue weighted by Crippen LogP contribution is -2.25. The predicted molar refractivity (Wildman–Crippen MR) is 77.7 cm³/mol. The van der Waals surface area contributed by atoms with Crippen LogP contribution in [0.25, 0.3) is 0 Å². The maximum atomic E-state index is 12.3. The first-order valence-electron chi connectivity index (χ1n) is 6.62. The molecule has 1 N–H and O–H groups in total. The number of fused-ring (bicyclic) bond motifs is 1. The molecule has 1 aromatic heterocycles. The van der Waals surface area contributed by atoms with Gasteiger partial charge in [0.1, 0.15) is 11.5 Å². The van der Waals surface area contributed by atoms with E-state index in [0.717, 1.165) is 11.1 Å². The number of nitrogens with zero attached hydrogens (tertiary/aromatic N) is 1. The molecule has 102 valence electrons. The van der Waals surface area contributed by atoms with E-state index in [1.54, 1.807) is 16.9 Å². The Labute approximate surface area is 117 Å². The molecule has 20 heavy (non-hydrogen) atoms. The van der Waals surface area contributed by atoms with E-state index >= 15 is 0 Å². The average Bonchev–Trinajstić information content (AvgIpc) is 3.06. The third-order valence-electron chi connectivity index (χ3n) is 3.09. The summed E-state index contributed by atoms with van der Waals surface area (Å²) in [6, 6.07) is 3.78. The molecule has 1 aromatic rings. The number of carbonyl (C=O) groups is 1. The molecule has 0 amide bonds. The Morgan fingerprint density at radius 2 is 2.15 bits per heavy atom. The zero-order valence-electron chi connectivity index (χ0n) is 11.5. The van der Waals surface area contributed by atoms with Gasteiger partial charge in [0.25, 0.3) is 0 Å². The van der Waals surface area contributed by atoms with Gasteiger partial charge >= 0.3 is 5.97 Å². The van der Waals surface area contributed by atoms with Crippen molar-refractivity contribution in [3.05, 3.63) is 71.3 Å². The van der Waals surface area contributed by atoms with Crippen LogP contribution < -0.4 is 5.43 Å². The van der Waals surface area contributed by atoms with Gasteiger partial charge in [-0.3, -0.25) is 4.68 Å². The highest BCUT2D eigenvalue weighted by Crippen LogP contribution is 2.30. The lowest BCUT2D eigenvalue weighted by atomic mass is 10.2. The number of nitrogens with one attached hydrogen (secondary N) is 1. The summed E-state index contributed by atoms with van der Waals surface area (Å²) in [5, 5.41) is 0. The second-order valence-electron chi connectivity index (χ2n) is 5.03. The Bertz CT molecular complexity index is 672. The third-order valence-corrected chi connectivity index (χ3v) is 3.09. The molecule has 0 aromatic carbocycles. The van der Waals surface area contributed by atoms with Crippen LogP contribution in [0.1, 0.15) is 24.3 Å². The molecule has 0 radical (unpaired) electrons. The normalized spacial score (nSPS) is 15.8. The van der Waals surface area contributed by atoms with E-state index in [9.17, 15) is 4.79 Å². The summed E-state index contributed by atoms with van der Waals surface area (Å²) >= 11 is 0. The number of allylic oxidation sites excluding steroid dienone is 7. The van der Waals surface area contributed by atoms with E-state index in [1.165, 1.54) is 0 Å². The largest absolute Gasteiger partial charge is 0.421 e. The standard InChI is InChI=1S/C16H16N2O2/c1-11(2)17-18-10-4-7-14(18)16(19)20-15-9-8-12-5-3-6-13(12)15/h3-11,17H,1-2H3. The summed E-state index contributed by atoms with van der Waals surface area (Å²) in [4.78, 5) is 12.3. The minimum Gasteiger partial charge on any atom is -0.421 e. The van der Waals surface area contributed by atoms with Gasteiger partial charge < -0.3 is 10.2 Å². The van der Waals surface area contributed by atoms with Crippen LogP contribution in [0.3, 0.4) is 0 Å². The Hall–Kier alpha value is -2.49. The minimum atomic E-state index is -0.364. The van der Waals surface area contributed by atoms with Crippen LogP contribution in [0.2, 0.25) is 0 Å². The number of ether oxygens (including phenoxy) is 1. The van der Waals surface area contributed by atoms with Gasteiger partial charge in [0.05, 0.1) is 0 Å². The summed E-state index contributed by atoms with van der Waals surface area (Å²) in [5.41, 5.74) is 5.70. The van der Waals surface area contributed by atoms with Crippen LogP contribution in [0.15, 0.2) is 65.6 Å². The van der Waals surface area contributed by atoms with E-state index in [2.05, 4.69) is 5.43 Å². The Balaban J connectivity index is 1.80. The first kappa shape index (κ1) is 12.5. The fourth-order valence-electron chi connectivity index (χ4n) is 2.24. The van der Waals surface area contributed by atoms with Crippen LogP contribution in [0.5, 0.6) is 0 Å². The van der Waals surface area contributed by atoms with E-state index in [1.807, 2.05) is 50.3 Å². The molecule has 2 aliphatic carbocycles. The lowest BCUT2D eigenvalue weighted by molar-refractivity contribution is 0.0626. The molecule has 0 aliphatic heterocycles. The van der Waals surface area contributed by atoms with Gasteiger partial charge in [0.15, 0.2) is 0 Å². The van der Waals surface area contributed by atoms with Crippen molar-refractivity contribution in [3.63, 3.8) is 0 Å². The third kappa shape index (κ3) is 2.20. The van der Waals surface area contributed by atoms with Crippen molar-refractivity contribution in [1.82, 2.24) is 4.68 Å². The van der Waals surface area contributed by atoms with Gasteiger partial charge in [0.2, 0.25) is 0 Å². The fraction of sp³-hybridized carbons (Fsp3) is 0.188. The number of hydrogen-bond donors (Lipinski definition) is 1.